The molecular formula is C16H14F3N5. The third kappa shape index (κ3) is 2.79. The lowest BCUT2D eigenvalue weighted by Gasteiger charge is -2.13. The molecule has 124 valence electrons. The molecule has 1 fully saturated rings. The minimum Gasteiger partial charge on any atom is -0.348 e. The Labute approximate surface area is 135 Å². The molecule has 5 nitrogen and oxygen atoms in total. The van der Waals surface area contributed by atoms with E-state index >= 15 is 0 Å². The van der Waals surface area contributed by atoms with Crippen LogP contribution in [0.1, 0.15) is 41.7 Å². The van der Waals surface area contributed by atoms with Crippen LogP contribution in [0.25, 0.3) is 5.69 Å². The van der Waals surface area contributed by atoms with E-state index in [2.05, 4.69) is 20.1 Å². The third-order valence-electron chi connectivity index (χ3n) is 3.97. The number of nitrogens with one attached hydrogen (secondary N) is 1. The molecule has 0 atom stereocenters. The molecule has 1 aliphatic carbocycles. The van der Waals surface area contributed by atoms with Crippen LogP contribution >= 0.6 is 0 Å². The first-order valence-corrected chi connectivity index (χ1v) is 7.62. The number of halogens is 3. The van der Waals surface area contributed by atoms with Crippen molar-refractivity contribution in [3.05, 3.63) is 59.7 Å². The highest BCUT2D eigenvalue weighted by Crippen LogP contribution is 2.39. The van der Waals surface area contributed by atoms with Gasteiger partial charge in [-0.2, -0.15) is 18.3 Å². The molecular weight excluding hydrogens is 319 g/mol. The average Bonchev–Trinajstić information content (AvgIpc) is 3.12. The van der Waals surface area contributed by atoms with Crippen LogP contribution in [0.4, 0.5) is 13.2 Å². The number of alkyl halides is 3. The van der Waals surface area contributed by atoms with E-state index in [1.807, 2.05) is 0 Å². The Kier molecular flexibility index (Phi) is 3.40. The second-order valence-corrected chi connectivity index (χ2v) is 5.84. The van der Waals surface area contributed by atoms with Crippen molar-refractivity contribution < 1.29 is 13.2 Å². The second kappa shape index (κ2) is 5.47. The summed E-state index contributed by atoms with van der Waals surface area (Å²) in [4.78, 5) is 11.4. The summed E-state index contributed by atoms with van der Waals surface area (Å²) in [7, 11) is 0. The van der Waals surface area contributed by atoms with E-state index in [4.69, 9.17) is 0 Å². The molecule has 1 aromatic carbocycles. The molecule has 3 aromatic rings. The number of para-hydroxylation sites is 1. The number of H-pyrrole nitrogens is 1. The van der Waals surface area contributed by atoms with Crippen molar-refractivity contribution >= 4 is 0 Å². The van der Waals surface area contributed by atoms with E-state index < -0.39 is 11.7 Å². The molecule has 0 bridgehead atoms. The fourth-order valence-corrected chi connectivity index (χ4v) is 2.63. The van der Waals surface area contributed by atoms with Crippen LogP contribution in [-0.2, 0) is 12.6 Å². The summed E-state index contributed by atoms with van der Waals surface area (Å²) in [6.07, 6.45) is 1.01. The molecule has 24 heavy (non-hydrogen) atoms. The summed E-state index contributed by atoms with van der Waals surface area (Å²) in [5, 5.41) is 4.37. The highest BCUT2D eigenvalue weighted by Gasteiger charge is 2.35. The third-order valence-corrected chi connectivity index (χ3v) is 3.97. The Morgan fingerprint density at radius 2 is 2.00 bits per heavy atom. The van der Waals surface area contributed by atoms with Gasteiger partial charge in [-0.1, -0.05) is 12.1 Å². The van der Waals surface area contributed by atoms with Crippen LogP contribution in [0, 0.1) is 0 Å². The largest absolute Gasteiger partial charge is 0.418 e. The number of benzene rings is 1. The zero-order chi connectivity index (χ0) is 16.7. The standard InChI is InChI=1S/C16H14F3N5/c17-16(18,19)12-3-1-2-4-13(12)24-14(7-11-8-20-9-21-11)22-15(23-24)10-5-6-10/h1-4,8-10H,5-7H2,(H,20,21). The molecule has 1 saturated carbocycles. The molecule has 4 rings (SSSR count). The van der Waals surface area contributed by atoms with E-state index in [-0.39, 0.29) is 11.6 Å². The van der Waals surface area contributed by atoms with E-state index in [9.17, 15) is 13.2 Å². The number of imidazole rings is 1. The maximum Gasteiger partial charge on any atom is 0.418 e. The zero-order valence-electron chi connectivity index (χ0n) is 12.6. The first kappa shape index (κ1) is 14.9. The minimum atomic E-state index is -4.45. The lowest BCUT2D eigenvalue weighted by Crippen LogP contribution is -2.13. The smallest absolute Gasteiger partial charge is 0.348 e. The number of rotatable bonds is 4. The van der Waals surface area contributed by atoms with Gasteiger partial charge < -0.3 is 4.98 Å². The van der Waals surface area contributed by atoms with Gasteiger partial charge in [0.15, 0.2) is 5.82 Å². The van der Waals surface area contributed by atoms with Crippen LogP contribution in [0.2, 0.25) is 0 Å². The summed E-state index contributed by atoms with van der Waals surface area (Å²) in [6.45, 7) is 0. The van der Waals surface area contributed by atoms with Gasteiger partial charge in [0.2, 0.25) is 0 Å². The number of nitrogens with zero attached hydrogens (tertiary/aromatic N) is 4. The van der Waals surface area contributed by atoms with Crippen molar-refractivity contribution in [1.29, 1.82) is 0 Å². The van der Waals surface area contributed by atoms with Crippen molar-refractivity contribution in [1.82, 2.24) is 24.7 Å². The zero-order valence-corrected chi connectivity index (χ0v) is 12.6. The van der Waals surface area contributed by atoms with Crippen molar-refractivity contribution in [2.75, 3.05) is 0 Å². The summed E-state index contributed by atoms with van der Waals surface area (Å²) < 4.78 is 41.3. The van der Waals surface area contributed by atoms with Gasteiger partial charge in [0.25, 0.3) is 0 Å². The number of aromatic nitrogens is 5. The van der Waals surface area contributed by atoms with E-state index in [1.54, 1.807) is 12.3 Å². The number of hydrogen-bond donors (Lipinski definition) is 1. The van der Waals surface area contributed by atoms with Gasteiger partial charge in [-0.3, -0.25) is 0 Å². The highest BCUT2D eigenvalue weighted by molar-refractivity contribution is 5.43. The average molecular weight is 333 g/mol. The topological polar surface area (TPSA) is 59.4 Å². The lowest BCUT2D eigenvalue weighted by molar-refractivity contribution is -0.137. The summed E-state index contributed by atoms with van der Waals surface area (Å²) in [5.41, 5.74) is 0.0532. The summed E-state index contributed by atoms with van der Waals surface area (Å²) in [5.74, 6) is 1.34. The van der Waals surface area contributed by atoms with E-state index in [0.717, 1.165) is 24.6 Å². The van der Waals surface area contributed by atoms with Gasteiger partial charge in [0.05, 0.1) is 17.6 Å². The van der Waals surface area contributed by atoms with Gasteiger partial charge >= 0.3 is 6.18 Å². The summed E-state index contributed by atoms with van der Waals surface area (Å²) >= 11 is 0. The molecule has 8 heteroatoms. The predicted octanol–water partition coefficient (Wildman–Crippen LogP) is 3.48. The monoisotopic (exact) mass is 333 g/mol. The maximum absolute atomic E-state index is 13.3. The van der Waals surface area contributed by atoms with Crippen molar-refractivity contribution in [2.45, 2.75) is 31.4 Å². The molecule has 2 aromatic heterocycles. The molecule has 0 spiro atoms. The SMILES string of the molecule is FC(F)(F)c1ccccc1-n1nc(C2CC2)nc1Cc1cnc[nH]1. The van der Waals surface area contributed by atoms with Crippen molar-refractivity contribution in [2.24, 2.45) is 0 Å². The molecule has 1 N–H and O–H groups in total. The minimum absolute atomic E-state index is 0.00100. The first-order valence-electron chi connectivity index (χ1n) is 7.62. The number of aromatic amines is 1. The molecule has 2 heterocycles. The molecule has 0 aliphatic heterocycles. The quantitative estimate of drug-likeness (QED) is 0.795. The van der Waals surface area contributed by atoms with Gasteiger partial charge in [-0.25, -0.2) is 14.6 Å². The lowest BCUT2D eigenvalue weighted by atomic mass is 10.1. The van der Waals surface area contributed by atoms with Crippen LogP contribution in [0.15, 0.2) is 36.8 Å². The predicted molar refractivity (Wildman–Crippen MR) is 79.7 cm³/mol. The summed E-state index contributed by atoms with van der Waals surface area (Å²) in [6, 6.07) is 5.43. The molecule has 0 saturated heterocycles. The molecule has 1 aliphatic rings. The normalized spacial score (nSPS) is 15.0. The van der Waals surface area contributed by atoms with Gasteiger partial charge in [-0.15, -0.1) is 0 Å². The Hall–Kier alpha value is -2.64. The van der Waals surface area contributed by atoms with Crippen molar-refractivity contribution in [3.63, 3.8) is 0 Å². The van der Waals surface area contributed by atoms with Crippen LogP contribution in [0.5, 0.6) is 0 Å². The molecule has 0 amide bonds. The van der Waals surface area contributed by atoms with Crippen LogP contribution in [-0.4, -0.2) is 24.7 Å². The fraction of sp³-hybridized carbons (Fsp3) is 0.312. The van der Waals surface area contributed by atoms with Crippen LogP contribution < -0.4 is 0 Å². The Balaban J connectivity index is 1.82. The van der Waals surface area contributed by atoms with Crippen LogP contribution in [0.3, 0.4) is 0 Å². The van der Waals surface area contributed by atoms with Gasteiger partial charge in [0, 0.05) is 24.2 Å². The maximum atomic E-state index is 13.3. The second-order valence-electron chi connectivity index (χ2n) is 5.84. The highest BCUT2D eigenvalue weighted by atomic mass is 19.4. The first-order chi connectivity index (χ1) is 11.5. The number of hydrogen-bond acceptors (Lipinski definition) is 3. The van der Waals surface area contributed by atoms with E-state index in [0.29, 0.717) is 18.1 Å². The van der Waals surface area contributed by atoms with E-state index in [1.165, 1.54) is 23.1 Å². The van der Waals surface area contributed by atoms with Gasteiger partial charge in [0.1, 0.15) is 5.82 Å². The van der Waals surface area contributed by atoms with Crippen molar-refractivity contribution in [3.8, 4) is 5.69 Å². The van der Waals surface area contributed by atoms with Gasteiger partial charge in [-0.05, 0) is 25.0 Å². The Bertz CT molecular complexity index is 847. The molecule has 0 radical (unpaired) electrons. The fourth-order valence-electron chi connectivity index (χ4n) is 2.63. The Morgan fingerprint density at radius 1 is 1.21 bits per heavy atom. The molecule has 0 unspecified atom stereocenters. The Morgan fingerprint density at radius 3 is 2.67 bits per heavy atom.